The molecule has 0 atom stereocenters. The van der Waals surface area contributed by atoms with E-state index >= 15 is 0 Å². The monoisotopic (exact) mass is 388 g/mol. The molecule has 28 heavy (non-hydrogen) atoms. The predicted octanol–water partition coefficient (Wildman–Crippen LogP) is 2.30. The second-order valence-electron chi connectivity index (χ2n) is 7.19. The molecule has 1 aromatic heterocycles. The first-order chi connectivity index (χ1) is 13.3. The molecular weight excluding hydrogens is 363 g/mol. The molecule has 8 heteroatoms. The Morgan fingerprint density at radius 2 is 1.93 bits per heavy atom. The quantitative estimate of drug-likeness (QED) is 0.760. The van der Waals surface area contributed by atoms with E-state index in [2.05, 4.69) is 10.4 Å². The van der Waals surface area contributed by atoms with Crippen molar-refractivity contribution in [1.82, 2.24) is 20.0 Å². The second kappa shape index (κ2) is 8.10. The van der Waals surface area contributed by atoms with Crippen LogP contribution in [0, 0.1) is 19.7 Å². The van der Waals surface area contributed by atoms with Crippen LogP contribution >= 0.6 is 0 Å². The van der Waals surface area contributed by atoms with Crippen molar-refractivity contribution in [2.75, 3.05) is 13.1 Å². The maximum absolute atomic E-state index is 13.2. The van der Waals surface area contributed by atoms with Crippen molar-refractivity contribution in [3.05, 3.63) is 47.0 Å². The van der Waals surface area contributed by atoms with Crippen LogP contribution in [-0.4, -0.2) is 56.8 Å². The molecule has 1 amide bonds. The van der Waals surface area contributed by atoms with E-state index in [9.17, 15) is 14.0 Å². The average Bonchev–Trinajstić information content (AvgIpc) is 2.91. The van der Waals surface area contributed by atoms with E-state index in [1.807, 2.05) is 18.7 Å². The Hall–Kier alpha value is -2.74. The minimum atomic E-state index is -0.839. The maximum Gasteiger partial charge on any atom is 0.317 e. The van der Waals surface area contributed by atoms with Crippen molar-refractivity contribution >= 4 is 11.9 Å². The van der Waals surface area contributed by atoms with Crippen molar-refractivity contribution in [2.45, 2.75) is 45.7 Å². The molecule has 1 aromatic carbocycles. The van der Waals surface area contributed by atoms with Crippen molar-refractivity contribution in [3.8, 4) is 5.69 Å². The van der Waals surface area contributed by atoms with Crippen LogP contribution in [0.25, 0.3) is 5.69 Å². The molecule has 0 spiro atoms. The fourth-order valence-electron chi connectivity index (χ4n) is 3.74. The fourth-order valence-corrected chi connectivity index (χ4v) is 3.74. The average molecular weight is 388 g/mol. The summed E-state index contributed by atoms with van der Waals surface area (Å²) in [6.07, 6.45) is 1.47. The Kier molecular flexibility index (Phi) is 5.79. The van der Waals surface area contributed by atoms with E-state index in [0.717, 1.165) is 12.8 Å². The normalized spacial score (nSPS) is 18.8. The van der Waals surface area contributed by atoms with Gasteiger partial charge in [-0.15, -0.1) is 0 Å². The number of carboxylic acids is 1. The topological polar surface area (TPSA) is 87.5 Å². The summed E-state index contributed by atoms with van der Waals surface area (Å²) in [4.78, 5) is 25.6. The Balaban J connectivity index is 1.66. The number of amides is 1. The lowest BCUT2D eigenvalue weighted by atomic mass is 9.85. The summed E-state index contributed by atoms with van der Waals surface area (Å²) in [7, 11) is 0. The van der Waals surface area contributed by atoms with Gasteiger partial charge in [-0.3, -0.25) is 14.5 Å². The third-order valence-corrected chi connectivity index (χ3v) is 5.30. The molecule has 1 aliphatic rings. The molecule has 1 fully saturated rings. The summed E-state index contributed by atoms with van der Waals surface area (Å²) in [6, 6.07) is 6.15. The van der Waals surface area contributed by atoms with E-state index in [1.165, 1.54) is 12.1 Å². The van der Waals surface area contributed by atoms with Crippen molar-refractivity contribution in [1.29, 1.82) is 0 Å². The first-order valence-electron chi connectivity index (χ1n) is 9.39. The molecule has 0 unspecified atom stereocenters. The number of carboxylic acid groups (broad SMARTS) is 1. The molecule has 2 aromatic rings. The molecule has 0 saturated heterocycles. The lowest BCUT2D eigenvalue weighted by molar-refractivity contribution is -0.139. The highest BCUT2D eigenvalue weighted by Crippen LogP contribution is 2.26. The molecule has 3 rings (SSSR count). The van der Waals surface area contributed by atoms with Crippen LogP contribution in [0.3, 0.4) is 0 Å². The number of nitrogens with zero attached hydrogens (tertiary/aromatic N) is 3. The highest BCUT2D eigenvalue weighted by atomic mass is 19.1. The lowest BCUT2D eigenvalue weighted by Gasteiger charge is -2.42. The highest BCUT2D eigenvalue weighted by molar-refractivity contribution is 5.96. The molecule has 1 heterocycles. The van der Waals surface area contributed by atoms with Crippen LogP contribution in [0.1, 0.15) is 41.5 Å². The second-order valence-corrected chi connectivity index (χ2v) is 7.19. The van der Waals surface area contributed by atoms with Crippen LogP contribution < -0.4 is 5.32 Å². The molecule has 0 radical (unpaired) electrons. The van der Waals surface area contributed by atoms with Crippen molar-refractivity contribution < 1.29 is 19.1 Å². The van der Waals surface area contributed by atoms with Gasteiger partial charge < -0.3 is 10.4 Å². The number of likely N-dealkylation sites (N-methyl/N-ethyl adjacent to an activating group) is 1. The Morgan fingerprint density at radius 3 is 2.50 bits per heavy atom. The van der Waals surface area contributed by atoms with Gasteiger partial charge in [-0.1, -0.05) is 6.92 Å². The lowest BCUT2D eigenvalue weighted by Crippen LogP contribution is -2.54. The van der Waals surface area contributed by atoms with E-state index in [0.29, 0.717) is 29.2 Å². The molecular formula is C20H25FN4O3. The molecule has 150 valence electrons. The summed E-state index contributed by atoms with van der Waals surface area (Å²) in [5.74, 6) is -1.35. The van der Waals surface area contributed by atoms with Crippen LogP contribution in [-0.2, 0) is 4.79 Å². The minimum Gasteiger partial charge on any atom is -0.480 e. The smallest absolute Gasteiger partial charge is 0.317 e. The van der Waals surface area contributed by atoms with Crippen LogP contribution in [0.15, 0.2) is 24.3 Å². The molecule has 7 nitrogen and oxygen atoms in total. The van der Waals surface area contributed by atoms with Gasteiger partial charge >= 0.3 is 5.97 Å². The number of hydrogen-bond donors (Lipinski definition) is 2. The fraction of sp³-hybridized carbons (Fsp3) is 0.450. The Labute approximate surface area is 163 Å². The molecule has 1 saturated carbocycles. The van der Waals surface area contributed by atoms with Crippen LogP contribution in [0.5, 0.6) is 0 Å². The van der Waals surface area contributed by atoms with Crippen molar-refractivity contribution in [2.24, 2.45) is 0 Å². The number of carbonyl (C=O) groups is 2. The number of aliphatic carboxylic acids is 1. The van der Waals surface area contributed by atoms with Gasteiger partial charge in [-0.25, -0.2) is 9.07 Å². The summed E-state index contributed by atoms with van der Waals surface area (Å²) in [5, 5.41) is 16.4. The SMILES string of the molecule is CCN(CC(=O)O)C1CC(NC(=O)c2c(C)nn(-c3ccc(F)cc3)c2C)C1. The Bertz CT molecular complexity index is 872. The number of rotatable bonds is 7. The first kappa shape index (κ1) is 20.0. The van der Waals surface area contributed by atoms with Gasteiger partial charge in [0.15, 0.2) is 0 Å². The third-order valence-electron chi connectivity index (χ3n) is 5.30. The third kappa shape index (κ3) is 4.06. The van der Waals surface area contributed by atoms with Gasteiger partial charge in [0.05, 0.1) is 29.2 Å². The zero-order chi connectivity index (χ0) is 20.4. The van der Waals surface area contributed by atoms with Gasteiger partial charge in [-0.05, 0) is 57.5 Å². The zero-order valence-electron chi connectivity index (χ0n) is 16.3. The zero-order valence-corrected chi connectivity index (χ0v) is 16.3. The number of aryl methyl sites for hydroxylation is 1. The number of carbonyl (C=O) groups excluding carboxylic acids is 1. The van der Waals surface area contributed by atoms with Gasteiger partial charge in [-0.2, -0.15) is 5.10 Å². The van der Waals surface area contributed by atoms with E-state index in [-0.39, 0.29) is 30.4 Å². The number of hydrogen-bond acceptors (Lipinski definition) is 4. The highest BCUT2D eigenvalue weighted by Gasteiger charge is 2.35. The summed E-state index contributed by atoms with van der Waals surface area (Å²) in [5.41, 5.74) is 2.51. The van der Waals surface area contributed by atoms with E-state index in [4.69, 9.17) is 5.11 Å². The number of nitrogens with one attached hydrogen (secondary N) is 1. The predicted molar refractivity (Wildman–Crippen MR) is 102 cm³/mol. The number of halogens is 1. The maximum atomic E-state index is 13.2. The largest absolute Gasteiger partial charge is 0.480 e. The summed E-state index contributed by atoms with van der Waals surface area (Å²) < 4.78 is 14.8. The van der Waals surface area contributed by atoms with Crippen LogP contribution in [0.4, 0.5) is 4.39 Å². The minimum absolute atomic E-state index is 0.0183. The standard InChI is InChI=1S/C20H25FN4O3/c1-4-24(11-18(26)27)17-9-15(10-17)22-20(28)19-12(2)23-25(13(19)3)16-7-5-14(21)6-8-16/h5-8,15,17H,4,9-11H2,1-3H3,(H,22,28)(H,26,27). The van der Waals surface area contributed by atoms with Gasteiger partial charge in [0.2, 0.25) is 0 Å². The number of benzene rings is 1. The molecule has 1 aliphatic carbocycles. The van der Waals surface area contributed by atoms with Crippen LogP contribution in [0.2, 0.25) is 0 Å². The van der Waals surface area contributed by atoms with E-state index in [1.54, 1.807) is 23.7 Å². The van der Waals surface area contributed by atoms with Gasteiger partial charge in [0, 0.05) is 12.1 Å². The van der Waals surface area contributed by atoms with Crippen molar-refractivity contribution in [3.63, 3.8) is 0 Å². The number of aromatic nitrogens is 2. The Morgan fingerprint density at radius 1 is 1.29 bits per heavy atom. The molecule has 2 N–H and O–H groups in total. The van der Waals surface area contributed by atoms with Gasteiger partial charge in [0.25, 0.3) is 5.91 Å². The summed E-state index contributed by atoms with van der Waals surface area (Å²) in [6.45, 7) is 6.21. The van der Waals surface area contributed by atoms with E-state index < -0.39 is 5.97 Å². The molecule has 0 bridgehead atoms. The summed E-state index contributed by atoms with van der Waals surface area (Å²) >= 11 is 0. The van der Waals surface area contributed by atoms with Gasteiger partial charge in [0.1, 0.15) is 5.82 Å². The molecule has 0 aliphatic heterocycles. The first-order valence-corrected chi connectivity index (χ1v) is 9.39.